The molecule has 1 aliphatic rings. The van der Waals surface area contributed by atoms with Gasteiger partial charge in [0.15, 0.2) is 0 Å². The second kappa shape index (κ2) is 19.0. The molecule has 4 rings (SSSR count). The van der Waals surface area contributed by atoms with Crippen molar-refractivity contribution in [2.24, 2.45) is 5.92 Å². The van der Waals surface area contributed by atoms with Gasteiger partial charge in [0.25, 0.3) is 0 Å². The number of aryl methyl sites for hydroxylation is 2. The van der Waals surface area contributed by atoms with Crippen molar-refractivity contribution >= 4 is 11.9 Å². The third-order valence-electron chi connectivity index (χ3n) is 9.32. The van der Waals surface area contributed by atoms with Gasteiger partial charge < -0.3 is 19.7 Å². The summed E-state index contributed by atoms with van der Waals surface area (Å²) in [5.74, 6) is -0.347. The summed E-state index contributed by atoms with van der Waals surface area (Å²) in [4.78, 5) is 23.7. The molecule has 0 spiro atoms. The Morgan fingerprint density at radius 1 is 0.735 bits per heavy atom. The number of halogens is 1. The Morgan fingerprint density at radius 2 is 1.24 bits per heavy atom. The van der Waals surface area contributed by atoms with Gasteiger partial charge in [-0.1, -0.05) is 73.8 Å². The van der Waals surface area contributed by atoms with Gasteiger partial charge in [-0.05, 0) is 121 Å². The van der Waals surface area contributed by atoms with Crippen molar-refractivity contribution in [2.75, 3.05) is 26.4 Å². The molecule has 0 radical (unpaired) electrons. The molecule has 3 aromatic rings. The van der Waals surface area contributed by atoms with Crippen LogP contribution in [0.15, 0.2) is 97.6 Å². The number of allylic oxidation sites excluding steroid dienone is 1. The number of carbonyl (C=O) groups is 2. The van der Waals surface area contributed by atoms with E-state index in [4.69, 9.17) is 19.7 Å². The Labute approximate surface area is 290 Å². The zero-order valence-electron chi connectivity index (χ0n) is 28.4. The third kappa shape index (κ3) is 11.1. The highest BCUT2D eigenvalue weighted by atomic mass is 19.1. The predicted molar refractivity (Wildman–Crippen MR) is 192 cm³/mol. The van der Waals surface area contributed by atoms with Crippen LogP contribution in [0.4, 0.5) is 4.39 Å². The van der Waals surface area contributed by atoms with Crippen LogP contribution in [0.2, 0.25) is 0 Å². The minimum atomic E-state index is -0.605. The van der Waals surface area contributed by atoms with Crippen molar-refractivity contribution < 1.29 is 33.7 Å². The standard InChI is InChI=1S/C42H49FO6/c1-4-5-8-31-11-13-36(14-12-31)39-20-19-37(26-40(39)43)34-15-17-35(18-16-34)38-24-32(9-6-21-48-41(46)29(2)27-44)23-33(25-38)10-7-22-49-42(47)30(3)28-45/h4,15-20,23-26,31,36,44-45H,1-3,5-14,21-22,27-28H2. The summed E-state index contributed by atoms with van der Waals surface area (Å²) in [7, 11) is 0. The molecule has 0 unspecified atom stereocenters. The Balaban J connectivity index is 1.45. The highest BCUT2D eigenvalue weighted by molar-refractivity contribution is 5.88. The van der Waals surface area contributed by atoms with E-state index in [1.807, 2.05) is 42.5 Å². The van der Waals surface area contributed by atoms with E-state index in [1.165, 1.54) is 6.42 Å². The second-order valence-electron chi connectivity index (χ2n) is 12.9. The Bertz CT molecular complexity index is 1550. The molecule has 49 heavy (non-hydrogen) atoms. The van der Waals surface area contributed by atoms with Crippen LogP contribution in [0, 0.1) is 11.7 Å². The van der Waals surface area contributed by atoms with Crippen LogP contribution in [0.25, 0.3) is 22.3 Å². The Hall–Kier alpha value is -4.33. The van der Waals surface area contributed by atoms with Crippen LogP contribution >= 0.6 is 0 Å². The van der Waals surface area contributed by atoms with Gasteiger partial charge >= 0.3 is 11.9 Å². The Kier molecular flexibility index (Phi) is 14.5. The van der Waals surface area contributed by atoms with Crippen LogP contribution < -0.4 is 0 Å². The highest BCUT2D eigenvalue weighted by Crippen LogP contribution is 2.39. The number of benzene rings is 3. The topological polar surface area (TPSA) is 93.1 Å². The lowest BCUT2D eigenvalue weighted by atomic mass is 9.77. The summed E-state index contributed by atoms with van der Waals surface area (Å²) in [5, 5.41) is 18.2. The number of esters is 2. The number of aliphatic hydroxyl groups is 2. The minimum Gasteiger partial charge on any atom is -0.462 e. The lowest BCUT2D eigenvalue weighted by molar-refractivity contribution is -0.140. The molecule has 0 aliphatic heterocycles. The van der Waals surface area contributed by atoms with E-state index in [1.54, 1.807) is 6.07 Å². The molecule has 1 saturated carbocycles. The van der Waals surface area contributed by atoms with E-state index in [9.17, 15) is 9.59 Å². The number of hydrogen-bond acceptors (Lipinski definition) is 6. The number of hydrogen-bond donors (Lipinski definition) is 2. The number of aliphatic hydroxyl groups excluding tert-OH is 2. The van der Waals surface area contributed by atoms with Gasteiger partial charge in [-0.15, -0.1) is 6.58 Å². The first-order chi connectivity index (χ1) is 23.7. The van der Waals surface area contributed by atoms with Crippen molar-refractivity contribution in [1.29, 1.82) is 0 Å². The fourth-order valence-corrected chi connectivity index (χ4v) is 6.44. The molecular formula is C42H49FO6. The monoisotopic (exact) mass is 668 g/mol. The minimum absolute atomic E-state index is 0.0205. The third-order valence-corrected chi connectivity index (χ3v) is 9.32. The molecule has 1 fully saturated rings. The normalized spacial score (nSPS) is 15.7. The van der Waals surface area contributed by atoms with Crippen LogP contribution in [0.3, 0.4) is 0 Å². The summed E-state index contributed by atoms with van der Waals surface area (Å²) in [6.07, 6.45) is 11.1. The molecule has 6 nitrogen and oxygen atoms in total. The molecule has 0 saturated heterocycles. The summed E-state index contributed by atoms with van der Waals surface area (Å²) >= 11 is 0. The summed E-state index contributed by atoms with van der Waals surface area (Å²) in [6.45, 7) is 10.3. The fourth-order valence-electron chi connectivity index (χ4n) is 6.44. The first kappa shape index (κ1) is 37.5. The molecule has 260 valence electrons. The number of rotatable bonds is 18. The van der Waals surface area contributed by atoms with Crippen LogP contribution in [-0.4, -0.2) is 48.6 Å². The smallest absolute Gasteiger partial charge is 0.335 e. The lowest BCUT2D eigenvalue weighted by Crippen LogP contribution is -2.14. The van der Waals surface area contributed by atoms with Gasteiger partial charge in [0.05, 0.1) is 37.6 Å². The molecule has 0 atom stereocenters. The SMILES string of the molecule is C=CCCC1CCC(c2ccc(-c3ccc(-c4cc(CCCOC(=O)C(=C)CO)cc(CCCOC(=O)C(=C)CO)c4)cc3)cc2F)CC1. The van der Waals surface area contributed by atoms with Crippen LogP contribution in [-0.2, 0) is 31.9 Å². The molecule has 7 heteroatoms. The molecule has 2 N–H and O–H groups in total. The molecule has 0 heterocycles. The van der Waals surface area contributed by atoms with Crippen molar-refractivity contribution in [3.63, 3.8) is 0 Å². The van der Waals surface area contributed by atoms with Gasteiger partial charge in [0.1, 0.15) is 5.82 Å². The van der Waals surface area contributed by atoms with Crippen LogP contribution in [0.5, 0.6) is 0 Å². The van der Waals surface area contributed by atoms with E-state index in [2.05, 4.69) is 37.9 Å². The largest absolute Gasteiger partial charge is 0.462 e. The van der Waals surface area contributed by atoms with E-state index < -0.39 is 25.2 Å². The van der Waals surface area contributed by atoms with E-state index >= 15 is 4.39 Å². The summed E-state index contributed by atoms with van der Waals surface area (Å²) < 4.78 is 25.8. The van der Waals surface area contributed by atoms with E-state index in [0.717, 1.165) is 77.0 Å². The quantitative estimate of drug-likeness (QED) is 0.0612. The van der Waals surface area contributed by atoms with Crippen molar-refractivity contribution in [1.82, 2.24) is 0 Å². The van der Waals surface area contributed by atoms with E-state index in [-0.39, 0.29) is 36.1 Å². The van der Waals surface area contributed by atoms with Gasteiger partial charge in [0, 0.05) is 0 Å². The molecule has 0 bridgehead atoms. The molecule has 3 aromatic carbocycles. The molecule has 1 aliphatic carbocycles. The van der Waals surface area contributed by atoms with Gasteiger partial charge in [-0.2, -0.15) is 0 Å². The average Bonchev–Trinajstić information content (AvgIpc) is 3.13. The average molecular weight is 669 g/mol. The van der Waals surface area contributed by atoms with Gasteiger partial charge in [0.2, 0.25) is 0 Å². The maximum absolute atomic E-state index is 15.4. The first-order valence-corrected chi connectivity index (χ1v) is 17.3. The molecular weight excluding hydrogens is 619 g/mol. The number of ether oxygens (including phenoxy) is 2. The number of carbonyl (C=O) groups excluding carboxylic acids is 2. The van der Waals surface area contributed by atoms with Gasteiger partial charge in [-0.3, -0.25) is 0 Å². The van der Waals surface area contributed by atoms with Crippen molar-refractivity contribution in [2.45, 2.75) is 70.1 Å². The predicted octanol–water partition coefficient (Wildman–Crippen LogP) is 8.45. The zero-order valence-corrected chi connectivity index (χ0v) is 28.4. The van der Waals surface area contributed by atoms with E-state index in [0.29, 0.717) is 25.7 Å². The first-order valence-electron chi connectivity index (χ1n) is 17.3. The van der Waals surface area contributed by atoms with Crippen molar-refractivity contribution in [3.05, 3.63) is 120 Å². The van der Waals surface area contributed by atoms with Crippen molar-refractivity contribution in [3.8, 4) is 22.3 Å². The maximum Gasteiger partial charge on any atom is 0.335 e. The summed E-state index contributed by atoms with van der Waals surface area (Å²) in [6, 6.07) is 20.1. The van der Waals surface area contributed by atoms with Crippen LogP contribution in [0.1, 0.15) is 74.0 Å². The Morgan fingerprint density at radius 3 is 1.73 bits per heavy atom. The fraction of sp³-hybridized carbons (Fsp3) is 0.381. The summed E-state index contributed by atoms with van der Waals surface area (Å²) in [5.41, 5.74) is 6.80. The second-order valence-corrected chi connectivity index (χ2v) is 12.9. The highest BCUT2D eigenvalue weighted by Gasteiger charge is 2.24. The van der Waals surface area contributed by atoms with Gasteiger partial charge in [-0.25, -0.2) is 14.0 Å². The lowest BCUT2D eigenvalue weighted by Gasteiger charge is -2.29. The molecule has 0 amide bonds. The zero-order chi connectivity index (χ0) is 35.2. The molecule has 0 aromatic heterocycles. The maximum atomic E-state index is 15.4.